The van der Waals surface area contributed by atoms with E-state index in [0.717, 1.165) is 19.4 Å². The number of aliphatic hydroxyl groups is 1. The molecule has 114 valence electrons. The van der Waals surface area contributed by atoms with Gasteiger partial charge in [-0.2, -0.15) is 5.10 Å². The number of likely N-dealkylation sites (N-methyl/N-ethyl adjacent to an activating group) is 1. The van der Waals surface area contributed by atoms with Crippen LogP contribution in [0.2, 0.25) is 0 Å². The van der Waals surface area contributed by atoms with E-state index < -0.39 is 6.10 Å². The van der Waals surface area contributed by atoms with Crippen molar-refractivity contribution in [3.05, 3.63) is 11.9 Å². The van der Waals surface area contributed by atoms with Gasteiger partial charge < -0.3 is 19.5 Å². The van der Waals surface area contributed by atoms with Crippen LogP contribution in [0.15, 0.2) is 6.20 Å². The first-order valence-corrected chi connectivity index (χ1v) is 7.03. The van der Waals surface area contributed by atoms with E-state index in [1.807, 2.05) is 18.8 Å². The standard InChI is InChI=1S/C14H25N3O3/c1-16(2)7-8-17-12(11(19-3)9-15-17)13(18)14(20-4)10-5-6-10/h9-10,13-14,18H,5-8H2,1-4H3. The van der Waals surface area contributed by atoms with Crippen LogP contribution in [0.25, 0.3) is 0 Å². The number of aromatic nitrogens is 2. The quantitative estimate of drug-likeness (QED) is 0.768. The summed E-state index contributed by atoms with van der Waals surface area (Å²) in [4.78, 5) is 2.08. The van der Waals surface area contributed by atoms with Gasteiger partial charge in [-0.15, -0.1) is 0 Å². The van der Waals surface area contributed by atoms with Gasteiger partial charge in [0.1, 0.15) is 11.8 Å². The van der Waals surface area contributed by atoms with Crippen LogP contribution >= 0.6 is 0 Å². The highest BCUT2D eigenvalue weighted by Crippen LogP contribution is 2.41. The van der Waals surface area contributed by atoms with Crippen LogP contribution in [0.5, 0.6) is 5.75 Å². The van der Waals surface area contributed by atoms with Gasteiger partial charge >= 0.3 is 0 Å². The molecule has 0 spiro atoms. The first-order chi connectivity index (χ1) is 9.58. The second kappa shape index (κ2) is 6.56. The van der Waals surface area contributed by atoms with Gasteiger partial charge in [0.25, 0.3) is 0 Å². The summed E-state index contributed by atoms with van der Waals surface area (Å²) in [5.41, 5.74) is 0.716. The molecule has 1 aromatic rings. The normalized spacial score (nSPS) is 18.3. The van der Waals surface area contributed by atoms with Crippen LogP contribution in [0.4, 0.5) is 0 Å². The van der Waals surface area contributed by atoms with E-state index >= 15 is 0 Å². The molecule has 0 radical (unpaired) electrons. The summed E-state index contributed by atoms with van der Waals surface area (Å²) in [7, 11) is 7.28. The lowest BCUT2D eigenvalue weighted by Crippen LogP contribution is -2.27. The average molecular weight is 283 g/mol. The number of hydrogen-bond acceptors (Lipinski definition) is 5. The molecular formula is C14H25N3O3. The molecule has 0 saturated heterocycles. The Bertz CT molecular complexity index is 429. The largest absolute Gasteiger partial charge is 0.493 e. The van der Waals surface area contributed by atoms with E-state index in [0.29, 0.717) is 23.9 Å². The van der Waals surface area contributed by atoms with Gasteiger partial charge in [0, 0.05) is 13.7 Å². The minimum absolute atomic E-state index is 0.182. The van der Waals surface area contributed by atoms with E-state index in [9.17, 15) is 5.11 Å². The summed E-state index contributed by atoms with van der Waals surface area (Å²) in [5.74, 6) is 1.07. The topological polar surface area (TPSA) is 59.8 Å². The molecule has 1 aromatic heterocycles. The Balaban J connectivity index is 2.20. The summed E-state index contributed by atoms with van der Waals surface area (Å²) in [5, 5.41) is 15.0. The van der Waals surface area contributed by atoms with Gasteiger partial charge in [0.05, 0.1) is 26.0 Å². The zero-order valence-electron chi connectivity index (χ0n) is 12.7. The molecule has 6 heteroatoms. The third-order valence-electron chi connectivity index (χ3n) is 3.77. The molecule has 1 heterocycles. The molecule has 1 fully saturated rings. The van der Waals surface area contributed by atoms with Crippen molar-refractivity contribution in [2.45, 2.75) is 31.6 Å². The maximum absolute atomic E-state index is 10.7. The smallest absolute Gasteiger partial charge is 0.162 e. The molecule has 6 nitrogen and oxygen atoms in total. The van der Waals surface area contributed by atoms with Gasteiger partial charge in [-0.3, -0.25) is 4.68 Å². The van der Waals surface area contributed by atoms with Gasteiger partial charge in [-0.1, -0.05) is 0 Å². The number of nitrogens with zero attached hydrogens (tertiary/aromatic N) is 3. The van der Waals surface area contributed by atoms with E-state index in [4.69, 9.17) is 9.47 Å². The molecule has 2 atom stereocenters. The van der Waals surface area contributed by atoms with Crippen molar-refractivity contribution in [1.82, 2.24) is 14.7 Å². The predicted octanol–water partition coefficient (Wildman–Crippen LogP) is 0.912. The van der Waals surface area contributed by atoms with Crippen molar-refractivity contribution < 1.29 is 14.6 Å². The van der Waals surface area contributed by atoms with E-state index in [2.05, 4.69) is 10.00 Å². The molecule has 2 unspecified atom stereocenters. The summed E-state index contributed by atoms with van der Waals surface area (Å²) >= 11 is 0. The number of aliphatic hydroxyl groups excluding tert-OH is 1. The van der Waals surface area contributed by atoms with Crippen molar-refractivity contribution in [2.24, 2.45) is 5.92 Å². The Morgan fingerprint density at radius 3 is 2.65 bits per heavy atom. The predicted molar refractivity (Wildman–Crippen MR) is 75.8 cm³/mol. The third-order valence-corrected chi connectivity index (χ3v) is 3.77. The highest BCUT2D eigenvalue weighted by atomic mass is 16.5. The molecule has 20 heavy (non-hydrogen) atoms. The zero-order chi connectivity index (χ0) is 14.7. The van der Waals surface area contributed by atoms with Crippen molar-refractivity contribution in [3.63, 3.8) is 0 Å². The molecule has 0 aromatic carbocycles. The fraction of sp³-hybridized carbons (Fsp3) is 0.786. The van der Waals surface area contributed by atoms with Gasteiger partial charge in [-0.25, -0.2) is 0 Å². The Morgan fingerprint density at radius 1 is 1.45 bits per heavy atom. The third kappa shape index (κ3) is 3.31. The summed E-state index contributed by atoms with van der Waals surface area (Å²) in [6, 6.07) is 0. The van der Waals surface area contributed by atoms with E-state index in [-0.39, 0.29) is 6.10 Å². The molecule has 0 amide bonds. The number of rotatable bonds is 8. The fourth-order valence-electron chi connectivity index (χ4n) is 2.47. The maximum atomic E-state index is 10.7. The molecule has 0 aliphatic heterocycles. The van der Waals surface area contributed by atoms with Gasteiger partial charge in [-0.05, 0) is 32.9 Å². The molecule has 1 N–H and O–H groups in total. The lowest BCUT2D eigenvalue weighted by molar-refractivity contribution is -0.0309. The van der Waals surface area contributed by atoms with Crippen LogP contribution in [-0.4, -0.2) is 60.8 Å². The number of ether oxygens (including phenoxy) is 2. The molecule has 0 bridgehead atoms. The zero-order valence-corrected chi connectivity index (χ0v) is 12.7. The second-order valence-corrected chi connectivity index (χ2v) is 5.61. The summed E-state index contributed by atoms with van der Waals surface area (Å²) in [6.07, 6.45) is 3.01. The minimum atomic E-state index is -0.702. The highest BCUT2D eigenvalue weighted by Gasteiger charge is 2.39. The van der Waals surface area contributed by atoms with Crippen LogP contribution in [0, 0.1) is 5.92 Å². The SMILES string of the molecule is COc1cnn(CCN(C)C)c1C(O)C(OC)C1CC1. The maximum Gasteiger partial charge on any atom is 0.162 e. The first kappa shape index (κ1) is 15.3. The molecule has 2 rings (SSSR count). The van der Waals surface area contributed by atoms with Crippen LogP contribution < -0.4 is 4.74 Å². The monoisotopic (exact) mass is 283 g/mol. The Kier molecular flexibility index (Phi) is 5.01. The Morgan fingerprint density at radius 2 is 2.15 bits per heavy atom. The number of methoxy groups -OCH3 is 2. The van der Waals surface area contributed by atoms with E-state index in [1.54, 1.807) is 20.4 Å². The number of hydrogen-bond donors (Lipinski definition) is 1. The molecule has 1 aliphatic rings. The van der Waals surface area contributed by atoms with E-state index in [1.165, 1.54) is 0 Å². The fourth-order valence-corrected chi connectivity index (χ4v) is 2.47. The Hall–Kier alpha value is -1.11. The van der Waals surface area contributed by atoms with Gasteiger partial charge in [0.2, 0.25) is 0 Å². The van der Waals surface area contributed by atoms with Crippen molar-refractivity contribution in [2.75, 3.05) is 34.9 Å². The lowest BCUT2D eigenvalue weighted by Gasteiger charge is -2.23. The first-order valence-electron chi connectivity index (χ1n) is 7.03. The highest BCUT2D eigenvalue weighted by molar-refractivity contribution is 5.28. The summed E-state index contributed by atoms with van der Waals surface area (Å²) in [6.45, 7) is 1.56. The van der Waals surface area contributed by atoms with Gasteiger partial charge in [0.15, 0.2) is 5.75 Å². The lowest BCUT2D eigenvalue weighted by atomic mass is 10.1. The second-order valence-electron chi connectivity index (χ2n) is 5.61. The minimum Gasteiger partial charge on any atom is -0.493 e. The van der Waals surface area contributed by atoms with Crippen LogP contribution in [-0.2, 0) is 11.3 Å². The summed E-state index contributed by atoms with van der Waals surface area (Å²) < 4.78 is 12.6. The Labute approximate surface area is 120 Å². The van der Waals surface area contributed by atoms with Crippen molar-refractivity contribution in [3.8, 4) is 5.75 Å². The molecule has 1 aliphatic carbocycles. The van der Waals surface area contributed by atoms with Crippen LogP contribution in [0.1, 0.15) is 24.6 Å². The molecule has 1 saturated carbocycles. The average Bonchev–Trinajstić information content (AvgIpc) is 3.16. The molecular weight excluding hydrogens is 258 g/mol. The van der Waals surface area contributed by atoms with Crippen molar-refractivity contribution >= 4 is 0 Å². The van der Waals surface area contributed by atoms with Crippen LogP contribution in [0.3, 0.4) is 0 Å². The van der Waals surface area contributed by atoms with Crippen molar-refractivity contribution in [1.29, 1.82) is 0 Å².